The minimum absolute atomic E-state index is 0.279. The van der Waals surface area contributed by atoms with Gasteiger partial charge in [-0.05, 0) is 24.1 Å². The molecule has 5 heteroatoms. The van der Waals surface area contributed by atoms with Crippen LogP contribution in [0.2, 0.25) is 0 Å². The van der Waals surface area contributed by atoms with Gasteiger partial charge < -0.3 is 24.4 Å². The van der Waals surface area contributed by atoms with E-state index >= 15 is 0 Å². The lowest BCUT2D eigenvalue weighted by molar-refractivity contribution is -1.02. The molecule has 0 aliphatic carbocycles. The predicted octanol–water partition coefficient (Wildman–Crippen LogP) is 0.147. The lowest BCUT2D eigenvalue weighted by atomic mass is 10.1. The van der Waals surface area contributed by atoms with E-state index < -0.39 is 6.10 Å². The molecule has 1 heterocycles. The van der Waals surface area contributed by atoms with Gasteiger partial charge in [0.25, 0.3) is 0 Å². The Balaban J connectivity index is 1.41. The van der Waals surface area contributed by atoms with Crippen molar-refractivity contribution in [2.45, 2.75) is 19.1 Å². The van der Waals surface area contributed by atoms with Gasteiger partial charge in [-0.25, -0.2) is 0 Å². The fourth-order valence-corrected chi connectivity index (χ4v) is 3.93. The van der Waals surface area contributed by atoms with Crippen molar-refractivity contribution in [2.75, 3.05) is 46.4 Å². The molecule has 0 spiro atoms. The highest BCUT2D eigenvalue weighted by molar-refractivity contribution is 5.43. The number of aliphatic hydroxyl groups excluding tert-OH is 1. The first-order chi connectivity index (χ1) is 14.2. The molecule has 2 aromatic rings. The van der Waals surface area contributed by atoms with Crippen molar-refractivity contribution in [2.24, 2.45) is 0 Å². The van der Waals surface area contributed by atoms with E-state index in [1.807, 2.05) is 24.3 Å². The average molecular weight is 399 g/mol. The summed E-state index contributed by atoms with van der Waals surface area (Å²) < 4.78 is 11.3. The quantitative estimate of drug-likeness (QED) is 0.500. The molecule has 0 radical (unpaired) electrons. The Morgan fingerprint density at radius 3 is 2.41 bits per heavy atom. The van der Waals surface area contributed by atoms with Crippen LogP contribution in [0.15, 0.2) is 61.2 Å². The van der Waals surface area contributed by atoms with Crippen LogP contribution in [0.5, 0.6) is 11.5 Å². The van der Waals surface area contributed by atoms with Gasteiger partial charge in [0.1, 0.15) is 52.0 Å². The van der Waals surface area contributed by atoms with Crippen LogP contribution in [-0.2, 0) is 13.0 Å². The molecular weight excluding hydrogens is 364 g/mol. The molecule has 2 aromatic carbocycles. The molecule has 1 aliphatic heterocycles. The maximum atomic E-state index is 10.5. The second kappa shape index (κ2) is 11.0. The molecule has 0 saturated carbocycles. The largest absolute Gasteiger partial charge is 0.493 e. The van der Waals surface area contributed by atoms with E-state index in [1.54, 1.807) is 12.0 Å². The van der Waals surface area contributed by atoms with E-state index in [0.717, 1.165) is 51.3 Å². The molecule has 3 N–H and O–H groups in total. The SMILES string of the molecule is C=CCc1ccc(OC[C@H](O)C[NH+]2CC[NH+](Cc3ccccc3)CC2)c(OC)c1. The third-order valence-corrected chi connectivity index (χ3v) is 5.52. The van der Waals surface area contributed by atoms with Crippen molar-refractivity contribution >= 4 is 0 Å². The van der Waals surface area contributed by atoms with Crippen molar-refractivity contribution in [3.05, 3.63) is 72.3 Å². The number of benzene rings is 2. The summed E-state index contributed by atoms with van der Waals surface area (Å²) in [6.45, 7) is 10.3. The smallest absolute Gasteiger partial charge is 0.161 e. The monoisotopic (exact) mass is 398 g/mol. The lowest BCUT2D eigenvalue weighted by Gasteiger charge is -2.30. The van der Waals surface area contributed by atoms with E-state index in [-0.39, 0.29) is 6.61 Å². The summed E-state index contributed by atoms with van der Waals surface area (Å²) in [4.78, 5) is 3.07. The van der Waals surface area contributed by atoms with Crippen LogP contribution in [0.25, 0.3) is 0 Å². The number of hydrogen-bond acceptors (Lipinski definition) is 3. The molecule has 1 fully saturated rings. The van der Waals surface area contributed by atoms with E-state index in [9.17, 15) is 5.11 Å². The van der Waals surface area contributed by atoms with E-state index in [1.165, 1.54) is 10.5 Å². The number of rotatable bonds is 10. The van der Waals surface area contributed by atoms with Crippen molar-refractivity contribution in [3.63, 3.8) is 0 Å². The van der Waals surface area contributed by atoms with Crippen LogP contribution in [0, 0.1) is 0 Å². The molecule has 0 bridgehead atoms. The zero-order valence-electron chi connectivity index (χ0n) is 17.4. The molecule has 29 heavy (non-hydrogen) atoms. The number of hydrogen-bond donors (Lipinski definition) is 3. The molecular formula is C24H34N2O3+2. The number of piperazine rings is 1. The molecule has 1 atom stereocenters. The highest BCUT2D eigenvalue weighted by atomic mass is 16.5. The number of ether oxygens (including phenoxy) is 2. The summed E-state index contributed by atoms with van der Waals surface area (Å²) in [6.07, 6.45) is 2.17. The fraction of sp³-hybridized carbons (Fsp3) is 0.417. The summed E-state index contributed by atoms with van der Waals surface area (Å²) in [7, 11) is 1.64. The van der Waals surface area contributed by atoms with Gasteiger partial charge in [-0.3, -0.25) is 0 Å². The first-order valence-corrected chi connectivity index (χ1v) is 10.5. The minimum Gasteiger partial charge on any atom is -0.493 e. The minimum atomic E-state index is -0.488. The van der Waals surface area contributed by atoms with Gasteiger partial charge in [-0.2, -0.15) is 0 Å². The number of aliphatic hydroxyl groups is 1. The molecule has 0 aromatic heterocycles. The molecule has 0 amide bonds. The maximum Gasteiger partial charge on any atom is 0.161 e. The van der Waals surface area contributed by atoms with Gasteiger partial charge in [0.2, 0.25) is 0 Å². The van der Waals surface area contributed by atoms with Gasteiger partial charge in [0, 0.05) is 5.56 Å². The van der Waals surface area contributed by atoms with Crippen molar-refractivity contribution in [1.82, 2.24) is 0 Å². The van der Waals surface area contributed by atoms with Crippen LogP contribution >= 0.6 is 0 Å². The zero-order valence-corrected chi connectivity index (χ0v) is 17.4. The normalized spacial score (nSPS) is 20.1. The fourth-order valence-electron chi connectivity index (χ4n) is 3.93. The Hall–Kier alpha value is -2.34. The van der Waals surface area contributed by atoms with Gasteiger partial charge in [0.15, 0.2) is 11.5 Å². The second-order valence-electron chi connectivity index (χ2n) is 7.81. The third kappa shape index (κ3) is 6.60. The van der Waals surface area contributed by atoms with Crippen LogP contribution in [-0.4, -0.2) is 57.7 Å². The molecule has 5 nitrogen and oxygen atoms in total. The van der Waals surface area contributed by atoms with E-state index in [2.05, 4.69) is 36.9 Å². The number of allylic oxidation sites excluding steroid dienone is 1. The Labute approximate surface area is 174 Å². The second-order valence-corrected chi connectivity index (χ2v) is 7.81. The number of methoxy groups -OCH3 is 1. The molecule has 1 saturated heterocycles. The van der Waals surface area contributed by atoms with Crippen LogP contribution in [0.4, 0.5) is 0 Å². The highest BCUT2D eigenvalue weighted by Crippen LogP contribution is 2.28. The highest BCUT2D eigenvalue weighted by Gasteiger charge is 2.25. The Morgan fingerprint density at radius 2 is 1.72 bits per heavy atom. The van der Waals surface area contributed by atoms with E-state index in [0.29, 0.717) is 11.5 Å². The topological polar surface area (TPSA) is 47.6 Å². The van der Waals surface area contributed by atoms with Crippen LogP contribution in [0.1, 0.15) is 11.1 Å². The summed E-state index contributed by atoms with van der Waals surface area (Å²) in [5.41, 5.74) is 2.53. The van der Waals surface area contributed by atoms with E-state index in [4.69, 9.17) is 9.47 Å². The Bertz CT molecular complexity index is 758. The molecule has 0 unspecified atom stereocenters. The first-order valence-electron chi connectivity index (χ1n) is 10.5. The van der Waals surface area contributed by atoms with Crippen molar-refractivity contribution in [1.29, 1.82) is 0 Å². The van der Waals surface area contributed by atoms with Gasteiger partial charge >= 0.3 is 0 Å². The third-order valence-electron chi connectivity index (χ3n) is 5.52. The van der Waals surface area contributed by atoms with Crippen LogP contribution < -0.4 is 19.3 Å². The Kier molecular flexibility index (Phi) is 8.11. The number of nitrogens with one attached hydrogen (secondary N) is 2. The standard InChI is InChI=1S/C24H32N2O3/c1-3-7-20-10-11-23(24(16-20)28-2)29-19-22(27)18-26-14-12-25(13-15-26)17-21-8-5-4-6-9-21/h3-6,8-11,16,22,27H,1,7,12-15,17-19H2,2H3/p+2/t22-/m1/s1. The summed E-state index contributed by atoms with van der Waals surface area (Å²) >= 11 is 0. The maximum absolute atomic E-state index is 10.5. The lowest BCUT2D eigenvalue weighted by Crippen LogP contribution is -3.28. The number of quaternary nitrogens is 2. The van der Waals surface area contributed by atoms with Crippen molar-refractivity contribution < 1.29 is 24.4 Å². The molecule has 156 valence electrons. The predicted molar refractivity (Wildman–Crippen MR) is 115 cm³/mol. The van der Waals surface area contributed by atoms with Gasteiger partial charge in [-0.1, -0.05) is 42.5 Å². The Morgan fingerprint density at radius 1 is 1.00 bits per heavy atom. The molecule has 1 aliphatic rings. The van der Waals surface area contributed by atoms with Crippen molar-refractivity contribution in [3.8, 4) is 11.5 Å². The summed E-state index contributed by atoms with van der Waals surface area (Å²) in [5.74, 6) is 1.37. The average Bonchev–Trinajstić information content (AvgIpc) is 2.75. The molecule has 3 rings (SSSR count). The summed E-state index contributed by atoms with van der Waals surface area (Å²) in [5, 5.41) is 10.5. The van der Waals surface area contributed by atoms with Gasteiger partial charge in [-0.15, -0.1) is 6.58 Å². The summed E-state index contributed by atoms with van der Waals surface area (Å²) in [6, 6.07) is 16.5. The first kappa shape index (κ1) is 21.4. The van der Waals surface area contributed by atoms with Crippen LogP contribution in [0.3, 0.4) is 0 Å². The van der Waals surface area contributed by atoms with Gasteiger partial charge in [0.05, 0.1) is 7.11 Å². The zero-order chi connectivity index (χ0) is 20.5.